The number of hydrogen-bond acceptors (Lipinski definition) is 0. The minimum absolute atomic E-state index is 0.481. The Morgan fingerprint density at radius 1 is 0.933 bits per heavy atom. The van der Waals surface area contributed by atoms with E-state index in [1.807, 2.05) is 0 Å². The molecule has 2 saturated carbocycles. The van der Waals surface area contributed by atoms with Gasteiger partial charge in [0.05, 0.1) is 0 Å². The molecule has 0 bridgehead atoms. The topological polar surface area (TPSA) is 0 Å². The van der Waals surface area contributed by atoms with Gasteiger partial charge < -0.3 is 0 Å². The summed E-state index contributed by atoms with van der Waals surface area (Å²) in [6.45, 7) is 2.42. The van der Waals surface area contributed by atoms with Crippen molar-refractivity contribution in [3.05, 3.63) is 0 Å². The molecule has 2 unspecified atom stereocenters. The first-order valence-electron chi connectivity index (χ1n) is 6.89. The monoisotopic (exact) mass is 212 g/mol. The Morgan fingerprint density at radius 2 is 1.60 bits per heavy atom. The first-order chi connectivity index (χ1) is 7.25. The van der Waals surface area contributed by atoms with Crippen molar-refractivity contribution in [2.45, 2.75) is 70.9 Å². The molecule has 2 atom stereocenters. The van der Waals surface area contributed by atoms with E-state index in [2.05, 4.69) is 6.92 Å². The van der Waals surface area contributed by atoms with Gasteiger partial charge >= 0.3 is 0 Å². The molecule has 2 aliphatic rings. The molecule has 0 aliphatic heterocycles. The minimum atomic E-state index is -0.481. The summed E-state index contributed by atoms with van der Waals surface area (Å²) in [6, 6.07) is 0. The van der Waals surface area contributed by atoms with Crippen LogP contribution in [0, 0.1) is 17.8 Å². The van der Waals surface area contributed by atoms with Crippen LogP contribution in [-0.4, -0.2) is 6.17 Å². The van der Waals surface area contributed by atoms with E-state index in [0.29, 0.717) is 0 Å². The summed E-state index contributed by atoms with van der Waals surface area (Å²) in [5.74, 6) is 2.74. The molecule has 0 heterocycles. The highest BCUT2D eigenvalue weighted by Crippen LogP contribution is 2.38. The largest absolute Gasteiger partial charge is 0.247 e. The molecule has 2 fully saturated rings. The highest BCUT2D eigenvalue weighted by atomic mass is 19.1. The van der Waals surface area contributed by atoms with Gasteiger partial charge in [-0.3, -0.25) is 0 Å². The summed E-state index contributed by atoms with van der Waals surface area (Å²) in [5.41, 5.74) is 0. The van der Waals surface area contributed by atoms with E-state index in [1.54, 1.807) is 0 Å². The van der Waals surface area contributed by atoms with Gasteiger partial charge in [-0.25, -0.2) is 4.39 Å². The molecule has 0 amide bonds. The van der Waals surface area contributed by atoms with E-state index < -0.39 is 6.17 Å². The van der Waals surface area contributed by atoms with Gasteiger partial charge in [0.2, 0.25) is 0 Å². The molecule has 15 heavy (non-hydrogen) atoms. The Morgan fingerprint density at radius 3 is 2.27 bits per heavy atom. The second-order valence-electron chi connectivity index (χ2n) is 5.88. The van der Waals surface area contributed by atoms with Crippen molar-refractivity contribution < 1.29 is 4.39 Å². The zero-order chi connectivity index (χ0) is 10.7. The highest BCUT2D eigenvalue weighted by Gasteiger charge is 2.27. The molecule has 2 aliphatic carbocycles. The van der Waals surface area contributed by atoms with Crippen LogP contribution < -0.4 is 0 Å². The van der Waals surface area contributed by atoms with Gasteiger partial charge in [-0.1, -0.05) is 32.6 Å². The van der Waals surface area contributed by atoms with Gasteiger partial charge in [0.15, 0.2) is 0 Å². The summed E-state index contributed by atoms with van der Waals surface area (Å²) in [5, 5.41) is 0. The third kappa shape index (κ3) is 3.19. The third-order valence-electron chi connectivity index (χ3n) is 4.70. The molecule has 1 heteroatoms. The molecule has 0 radical (unpaired) electrons. The standard InChI is InChI=1S/C14H25F/c1-11-4-2-3-5-13(11)10-12-6-8-14(15)9-7-12/h11-14H,2-10H2,1H3. The molecule has 0 spiro atoms. The van der Waals surface area contributed by atoms with Crippen LogP contribution in [0.2, 0.25) is 0 Å². The second-order valence-corrected chi connectivity index (χ2v) is 5.88. The predicted octanol–water partition coefficient (Wildman–Crippen LogP) is 4.73. The van der Waals surface area contributed by atoms with E-state index >= 15 is 0 Å². The molecule has 0 aromatic carbocycles. The van der Waals surface area contributed by atoms with Crippen LogP contribution in [0.15, 0.2) is 0 Å². The minimum Gasteiger partial charge on any atom is -0.247 e. The lowest BCUT2D eigenvalue weighted by Crippen LogP contribution is -2.23. The fourth-order valence-electron chi connectivity index (χ4n) is 3.53. The lowest BCUT2D eigenvalue weighted by Gasteiger charge is -2.33. The first-order valence-corrected chi connectivity index (χ1v) is 6.89. The Balaban J connectivity index is 1.75. The van der Waals surface area contributed by atoms with Crippen molar-refractivity contribution in [3.8, 4) is 0 Å². The summed E-state index contributed by atoms with van der Waals surface area (Å²) >= 11 is 0. The van der Waals surface area contributed by atoms with Crippen molar-refractivity contribution in [1.82, 2.24) is 0 Å². The molecule has 2 rings (SSSR count). The van der Waals surface area contributed by atoms with Crippen molar-refractivity contribution in [3.63, 3.8) is 0 Å². The van der Waals surface area contributed by atoms with E-state index in [1.165, 1.54) is 32.1 Å². The number of hydrogen-bond donors (Lipinski definition) is 0. The quantitative estimate of drug-likeness (QED) is 0.620. The van der Waals surface area contributed by atoms with Crippen LogP contribution in [0.3, 0.4) is 0 Å². The van der Waals surface area contributed by atoms with E-state index in [4.69, 9.17) is 0 Å². The lowest BCUT2D eigenvalue weighted by molar-refractivity contribution is 0.153. The van der Waals surface area contributed by atoms with Gasteiger partial charge in [0.25, 0.3) is 0 Å². The maximum absolute atomic E-state index is 13.0. The highest BCUT2D eigenvalue weighted by molar-refractivity contribution is 4.78. The molecule has 0 nitrogen and oxygen atoms in total. The van der Waals surface area contributed by atoms with E-state index in [0.717, 1.165) is 43.4 Å². The van der Waals surface area contributed by atoms with Crippen molar-refractivity contribution in [1.29, 1.82) is 0 Å². The lowest BCUT2D eigenvalue weighted by atomic mass is 9.73. The Bertz CT molecular complexity index is 182. The van der Waals surface area contributed by atoms with Crippen LogP contribution in [0.5, 0.6) is 0 Å². The van der Waals surface area contributed by atoms with Gasteiger partial charge in [-0.15, -0.1) is 0 Å². The zero-order valence-electron chi connectivity index (χ0n) is 10.1. The van der Waals surface area contributed by atoms with Crippen LogP contribution >= 0.6 is 0 Å². The Hall–Kier alpha value is -0.0700. The summed E-state index contributed by atoms with van der Waals surface area (Å²) in [6.07, 6.45) is 10.7. The van der Waals surface area contributed by atoms with Crippen molar-refractivity contribution in [2.24, 2.45) is 17.8 Å². The number of halogens is 1. The third-order valence-corrected chi connectivity index (χ3v) is 4.70. The van der Waals surface area contributed by atoms with Crippen molar-refractivity contribution in [2.75, 3.05) is 0 Å². The number of alkyl halides is 1. The van der Waals surface area contributed by atoms with Crippen molar-refractivity contribution >= 4 is 0 Å². The van der Waals surface area contributed by atoms with E-state index in [-0.39, 0.29) is 0 Å². The fourth-order valence-corrected chi connectivity index (χ4v) is 3.53. The maximum atomic E-state index is 13.0. The summed E-state index contributed by atoms with van der Waals surface area (Å²) in [4.78, 5) is 0. The predicted molar refractivity (Wildman–Crippen MR) is 62.6 cm³/mol. The van der Waals surface area contributed by atoms with Gasteiger partial charge in [-0.2, -0.15) is 0 Å². The Kier molecular flexibility index (Phi) is 4.05. The average molecular weight is 212 g/mol. The first kappa shape index (κ1) is 11.4. The average Bonchev–Trinajstić information content (AvgIpc) is 2.25. The molecular weight excluding hydrogens is 187 g/mol. The zero-order valence-corrected chi connectivity index (χ0v) is 10.1. The molecule has 88 valence electrons. The van der Waals surface area contributed by atoms with Gasteiger partial charge in [0.1, 0.15) is 6.17 Å². The second kappa shape index (κ2) is 5.32. The summed E-state index contributed by atoms with van der Waals surface area (Å²) < 4.78 is 13.0. The fraction of sp³-hybridized carbons (Fsp3) is 1.00. The normalized spacial score (nSPS) is 42.8. The van der Waals surface area contributed by atoms with Crippen LogP contribution in [0.1, 0.15) is 64.7 Å². The smallest absolute Gasteiger partial charge is 0.100 e. The maximum Gasteiger partial charge on any atom is 0.100 e. The van der Waals surface area contributed by atoms with Crippen LogP contribution in [0.4, 0.5) is 4.39 Å². The molecule has 0 aromatic heterocycles. The van der Waals surface area contributed by atoms with Crippen LogP contribution in [-0.2, 0) is 0 Å². The molecule has 0 saturated heterocycles. The van der Waals surface area contributed by atoms with Gasteiger partial charge in [-0.05, 0) is 49.9 Å². The van der Waals surface area contributed by atoms with Gasteiger partial charge in [0, 0.05) is 0 Å². The SMILES string of the molecule is CC1CCCCC1CC1CCC(F)CC1. The Labute approximate surface area is 93.6 Å². The van der Waals surface area contributed by atoms with Crippen LogP contribution in [0.25, 0.3) is 0 Å². The molecule has 0 aromatic rings. The summed E-state index contributed by atoms with van der Waals surface area (Å²) in [7, 11) is 0. The van der Waals surface area contributed by atoms with E-state index in [9.17, 15) is 4.39 Å². The number of rotatable bonds is 2. The molecule has 0 N–H and O–H groups in total. The molecular formula is C14H25F.